The zero-order valence-corrected chi connectivity index (χ0v) is 15.2. The molecule has 1 atom stereocenters. The smallest absolute Gasteiger partial charge is 0.345 e. The largest absolute Gasteiger partial charge is 0.477 e. The molecule has 3 aromatic rings. The van der Waals surface area contributed by atoms with Crippen LogP contribution in [-0.4, -0.2) is 38.6 Å². The summed E-state index contributed by atoms with van der Waals surface area (Å²) in [4.78, 5) is 26.9. The molecule has 1 aliphatic heterocycles. The number of aromatic nitrogens is 2. The van der Waals surface area contributed by atoms with E-state index in [1.807, 2.05) is 30.3 Å². The predicted molar refractivity (Wildman–Crippen MR) is 101 cm³/mol. The van der Waals surface area contributed by atoms with Crippen molar-refractivity contribution in [3.8, 4) is 10.6 Å². The first-order valence-corrected chi connectivity index (χ1v) is 9.33. The third-order valence-corrected chi connectivity index (χ3v) is 5.83. The number of thiophene rings is 1. The van der Waals surface area contributed by atoms with Crippen molar-refractivity contribution >= 4 is 23.2 Å². The Morgan fingerprint density at radius 2 is 2.00 bits per heavy atom. The Hall–Kier alpha value is -2.97. The zero-order chi connectivity index (χ0) is 19.0. The molecule has 0 spiro atoms. The van der Waals surface area contributed by atoms with Crippen molar-refractivity contribution in [3.05, 3.63) is 64.2 Å². The second-order valence-electron chi connectivity index (χ2n) is 6.39. The van der Waals surface area contributed by atoms with E-state index in [2.05, 4.69) is 10.2 Å². The van der Waals surface area contributed by atoms with Crippen molar-refractivity contribution in [2.75, 3.05) is 6.54 Å². The van der Waals surface area contributed by atoms with Crippen LogP contribution in [0.2, 0.25) is 0 Å². The third-order valence-electron chi connectivity index (χ3n) is 4.75. The third kappa shape index (κ3) is 3.13. The van der Waals surface area contributed by atoms with E-state index < -0.39 is 5.97 Å². The summed E-state index contributed by atoms with van der Waals surface area (Å²) in [6, 6.07) is 12.9. The summed E-state index contributed by atoms with van der Waals surface area (Å²) >= 11 is 1.18. The normalized spacial score (nSPS) is 14.2. The van der Waals surface area contributed by atoms with E-state index in [-0.39, 0.29) is 23.2 Å². The molecular formula is C19H18N4O3S. The van der Waals surface area contributed by atoms with Gasteiger partial charge >= 0.3 is 5.97 Å². The number of rotatable bonds is 5. The van der Waals surface area contributed by atoms with E-state index in [1.54, 1.807) is 17.0 Å². The fraction of sp³-hybridized carbons (Fsp3) is 0.211. The minimum absolute atomic E-state index is 0.0170. The molecule has 4 N–H and O–H groups in total. The van der Waals surface area contributed by atoms with Gasteiger partial charge in [-0.1, -0.05) is 30.3 Å². The number of hydrogen-bond donors (Lipinski definition) is 3. The fourth-order valence-corrected chi connectivity index (χ4v) is 4.23. The van der Waals surface area contributed by atoms with Crippen LogP contribution in [-0.2, 0) is 17.9 Å². The summed E-state index contributed by atoms with van der Waals surface area (Å²) in [6.45, 7) is 1.12. The number of fused-ring (bicyclic) bond motifs is 1. The number of nitrogens with zero attached hydrogens (tertiary/aromatic N) is 2. The van der Waals surface area contributed by atoms with E-state index in [9.17, 15) is 9.59 Å². The first-order valence-electron chi connectivity index (χ1n) is 8.52. The Morgan fingerprint density at radius 3 is 2.67 bits per heavy atom. The molecule has 0 bridgehead atoms. The highest BCUT2D eigenvalue weighted by Crippen LogP contribution is 2.35. The number of aromatic amines is 1. The summed E-state index contributed by atoms with van der Waals surface area (Å²) in [6.07, 6.45) is 0. The molecule has 1 aliphatic rings. The van der Waals surface area contributed by atoms with E-state index in [0.717, 1.165) is 21.7 Å². The van der Waals surface area contributed by atoms with Gasteiger partial charge in [-0.05, 0) is 17.7 Å². The molecule has 7 nitrogen and oxygen atoms in total. The van der Waals surface area contributed by atoms with Gasteiger partial charge in [0, 0.05) is 12.1 Å². The average molecular weight is 382 g/mol. The molecule has 0 saturated heterocycles. The van der Waals surface area contributed by atoms with Crippen LogP contribution in [0.25, 0.3) is 10.6 Å². The van der Waals surface area contributed by atoms with Gasteiger partial charge < -0.3 is 15.7 Å². The monoisotopic (exact) mass is 382 g/mol. The van der Waals surface area contributed by atoms with Gasteiger partial charge in [0.2, 0.25) is 5.91 Å². The maximum Gasteiger partial charge on any atom is 0.345 e. The number of carbonyl (C=O) groups is 2. The Bertz CT molecular complexity index is 996. The molecule has 1 aromatic carbocycles. The number of carbonyl (C=O) groups excluding carboxylic acids is 1. The van der Waals surface area contributed by atoms with Crippen LogP contribution < -0.4 is 5.73 Å². The van der Waals surface area contributed by atoms with Gasteiger partial charge in [-0.3, -0.25) is 9.89 Å². The van der Waals surface area contributed by atoms with Crippen LogP contribution in [0.1, 0.15) is 32.4 Å². The van der Waals surface area contributed by atoms with Crippen molar-refractivity contribution < 1.29 is 14.7 Å². The van der Waals surface area contributed by atoms with E-state index >= 15 is 0 Å². The zero-order valence-electron chi connectivity index (χ0n) is 14.4. The maximum absolute atomic E-state index is 13.0. The first kappa shape index (κ1) is 17.4. The van der Waals surface area contributed by atoms with Gasteiger partial charge in [-0.25, -0.2) is 4.79 Å². The Kier molecular flexibility index (Phi) is 4.51. The van der Waals surface area contributed by atoms with Crippen LogP contribution in [0.5, 0.6) is 0 Å². The van der Waals surface area contributed by atoms with Gasteiger partial charge in [0.25, 0.3) is 0 Å². The molecule has 0 fully saturated rings. The van der Waals surface area contributed by atoms with Gasteiger partial charge in [0.05, 0.1) is 29.6 Å². The highest BCUT2D eigenvalue weighted by Gasteiger charge is 2.32. The van der Waals surface area contributed by atoms with Crippen molar-refractivity contribution in [1.29, 1.82) is 0 Å². The van der Waals surface area contributed by atoms with Gasteiger partial charge in [-0.15, -0.1) is 11.3 Å². The van der Waals surface area contributed by atoms with Crippen LogP contribution in [0.3, 0.4) is 0 Å². The number of nitrogens with one attached hydrogen (secondary N) is 1. The summed E-state index contributed by atoms with van der Waals surface area (Å²) in [5.74, 6) is -1.35. The van der Waals surface area contributed by atoms with Crippen LogP contribution >= 0.6 is 11.3 Å². The topological polar surface area (TPSA) is 112 Å². The number of aromatic carboxylic acids is 1. The summed E-state index contributed by atoms with van der Waals surface area (Å²) in [5.41, 5.74) is 9.32. The van der Waals surface area contributed by atoms with Crippen molar-refractivity contribution in [2.24, 2.45) is 5.73 Å². The number of benzene rings is 1. The lowest BCUT2D eigenvalue weighted by Gasteiger charge is -2.22. The average Bonchev–Trinajstić information content (AvgIpc) is 3.38. The number of carboxylic acids is 1. The van der Waals surface area contributed by atoms with Crippen molar-refractivity contribution in [3.63, 3.8) is 0 Å². The molecule has 3 heterocycles. The van der Waals surface area contributed by atoms with Crippen molar-refractivity contribution in [1.82, 2.24) is 15.1 Å². The Morgan fingerprint density at radius 1 is 1.22 bits per heavy atom. The van der Waals surface area contributed by atoms with Gasteiger partial charge in [0.15, 0.2) is 0 Å². The molecular weight excluding hydrogens is 364 g/mol. The van der Waals surface area contributed by atoms with Crippen LogP contribution in [0.4, 0.5) is 0 Å². The van der Waals surface area contributed by atoms with Crippen LogP contribution in [0, 0.1) is 0 Å². The Labute approximate surface area is 159 Å². The fourth-order valence-electron chi connectivity index (χ4n) is 3.36. The minimum Gasteiger partial charge on any atom is -0.477 e. The van der Waals surface area contributed by atoms with Gasteiger partial charge in [-0.2, -0.15) is 5.10 Å². The van der Waals surface area contributed by atoms with E-state index in [0.29, 0.717) is 18.8 Å². The second-order valence-corrected chi connectivity index (χ2v) is 7.48. The quantitative estimate of drug-likeness (QED) is 0.627. The minimum atomic E-state index is -0.955. The SMILES string of the molecule is NCC(C(=O)N1Cc2[nH]nc(-c3ccc(C(=O)O)s3)c2C1)c1ccccc1. The molecule has 2 aromatic heterocycles. The van der Waals surface area contributed by atoms with E-state index in [1.165, 1.54) is 11.3 Å². The number of hydrogen-bond acceptors (Lipinski definition) is 5. The lowest BCUT2D eigenvalue weighted by Crippen LogP contribution is -2.34. The van der Waals surface area contributed by atoms with Crippen molar-refractivity contribution in [2.45, 2.75) is 19.0 Å². The first-order chi connectivity index (χ1) is 13.1. The molecule has 138 valence electrons. The molecule has 1 amide bonds. The maximum atomic E-state index is 13.0. The number of nitrogens with two attached hydrogens (primary N) is 1. The number of H-pyrrole nitrogens is 1. The summed E-state index contributed by atoms with van der Waals surface area (Å²) in [5, 5.41) is 16.4. The molecule has 0 aliphatic carbocycles. The lowest BCUT2D eigenvalue weighted by atomic mass is 9.98. The highest BCUT2D eigenvalue weighted by molar-refractivity contribution is 7.17. The highest BCUT2D eigenvalue weighted by atomic mass is 32.1. The Balaban J connectivity index is 1.57. The number of carboxylic acid groups (broad SMARTS) is 1. The molecule has 0 saturated carbocycles. The molecule has 1 unspecified atom stereocenters. The van der Waals surface area contributed by atoms with Crippen LogP contribution in [0.15, 0.2) is 42.5 Å². The standard InChI is InChI=1S/C19H18N4O3S/c20-8-12(11-4-2-1-3-5-11)18(24)23-9-13-14(10-23)21-22-17(13)15-6-7-16(27-15)19(25)26/h1-7,12H,8-10,20H2,(H,21,22)(H,25,26). The predicted octanol–water partition coefficient (Wildman–Crippen LogP) is 2.42. The molecule has 0 radical (unpaired) electrons. The molecule has 4 rings (SSSR count). The second kappa shape index (κ2) is 6.98. The lowest BCUT2D eigenvalue weighted by molar-refractivity contribution is -0.133. The molecule has 27 heavy (non-hydrogen) atoms. The summed E-state index contributed by atoms with van der Waals surface area (Å²) in [7, 11) is 0. The van der Waals surface area contributed by atoms with E-state index in [4.69, 9.17) is 10.8 Å². The number of amides is 1. The summed E-state index contributed by atoms with van der Waals surface area (Å²) < 4.78 is 0. The molecule has 8 heteroatoms. The van der Waals surface area contributed by atoms with Gasteiger partial charge in [0.1, 0.15) is 10.6 Å².